The molecule has 15 nitrogen and oxygen atoms in total. The molecule has 0 radical (unpaired) electrons. The summed E-state index contributed by atoms with van der Waals surface area (Å²) in [6, 6.07) is 0. The van der Waals surface area contributed by atoms with E-state index in [0.29, 0.717) is 37.0 Å². The first-order valence-corrected chi connectivity index (χ1v) is 21.6. The summed E-state index contributed by atoms with van der Waals surface area (Å²) in [7, 11) is -3.79. The summed E-state index contributed by atoms with van der Waals surface area (Å²) in [4.78, 5) is 0. The second-order valence-corrected chi connectivity index (χ2v) is 19.4. The van der Waals surface area contributed by atoms with Gasteiger partial charge in [0.05, 0.1) is 38.1 Å². The molecular formula is C39H66O15S. The molecule has 0 aromatic rings. The zero-order valence-electron chi connectivity index (χ0n) is 32.9. The van der Waals surface area contributed by atoms with Gasteiger partial charge in [-0.2, -0.15) is 8.42 Å². The third kappa shape index (κ3) is 8.75. The van der Waals surface area contributed by atoms with Crippen LogP contribution in [0.4, 0.5) is 0 Å². The maximum Gasteiger partial charge on any atom is 0.397 e. The fourth-order valence-corrected chi connectivity index (χ4v) is 12.6. The van der Waals surface area contributed by atoms with Crippen LogP contribution in [0.2, 0.25) is 0 Å². The number of hydrogen-bond donors (Lipinski definition) is 7. The molecule has 55 heavy (non-hydrogen) atoms. The van der Waals surface area contributed by atoms with Crippen LogP contribution in [0.1, 0.15) is 85.5 Å². The van der Waals surface area contributed by atoms with E-state index in [1.165, 1.54) is 7.11 Å². The summed E-state index contributed by atoms with van der Waals surface area (Å²) < 4.78 is 66.4. The first-order chi connectivity index (χ1) is 25.8. The van der Waals surface area contributed by atoms with Gasteiger partial charge in [-0.25, -0.2) is 4.18 Å². The van der Waals surface area contributed by atoms with Crippen molar-refractivity contribution in [2.45, 2.75) is 153 Å². The summed E-state index contributed by atoms with van der Waals surface area (Å²) in [6.45, 7) is 12.6. The van der Waals surface area contributed by atoms with E-state index in [4.69, 9.17) is 27.9 Å². The Labute approximate surface area is 325 Å². The van der Waals surface area contributed by atoms with Crippen LogP contribution in [0.3, 0.4) is 0 Å². The van der Waals surface area contributed by atoms with Crippen LogP contribution in [0.5, 0.6) is 0 Å². The predicted octanol–water partition coefficient (Wildman–Crippen LogP) is 1.96. The van der Waals surface area contributed by atoms with Gasteiger partial charge in [0.1, 0.15) is 36.6 Å². The van der Waals surface area contributed by atoms with Crippen molar-refractivity contribution in [1.82, 2.24) is 0 Å². The Balaban J connectivity index is 1.06. The van der Waals surface area contributed by atoms with Crippen molar-refractivity contribution in [3.8, 4) is 0 Å². The minimum atomic E-state index is -5.05. The monoisotopic (exact) mass is 806 g/mol. The molecule has 2 saturated heterocycles. The van der Waals surface area contributed by atoms with Gasteiger partial charge in [0.15, 0.2) is 12.6 Å². The largest absolute Gasteiger partial charge is 0.397 e. The molecule has 0 unspecified atom stereocenters. The maximum absolute atomic E-state index is 11.8. The average Bonchev–Trinajstić information content (AvgIpc) is 3.40. The molecule has 4 aliphatic carbocycles. The lowest BCUT2D eigenvalue weighted by Crippen LogP contribution is -2.61. The smallest absolute Gasteiger partial charge is 0.393 e. The fraction of sp³-hybridized carbons (Fsp3) is 0.949. The average molecular weight is 807 g/mol. The van der Waals surface area contributed by atoms with Crippen molar-refractivity contribution in [3.63, 3.8) is 0 Å². The number of hydrogen-bond acceptors (Lipinski definition) is 14. The van der Waals surface area contributed by atoms with Crippen molar-refractivity contribution in [2.75, 3.05) is 26.9 Å². The Hall–Kier alpha value is -0.830. The van der Waals surface area contributed by atoms with E-state index in [2.05, 4.69) is 27.4 Å². The number of ether oxygens (including phenoxy) is 5. The Bertz CT molecular complexity index is 1430. The van der Waals surface area contributed by atoms with Crippen LogP contribution < -0.4 is 0 Å². The molecule has 0 aromatic heterocycles. The number of methoxy groups -OCH3 is 1. The Morgan fingerprint density at radius 3 is 2.20 bits per heavy atom. The highest BCUT2D eigenvalue weighted by atomic mass is 32.3. The van der Waals surface area contributed by atoms with Crippen molar-refractivity contribution in [2.24, 2.45) is 52.3 Å². The van der Waals surface area contributed by atoms with Crippen LogP contribution in [0.15, 0.2) is 12.2 Å². The molecule has 0 amide bonds. The molecule has 4 saturated carbocycles. The van der Waals surface area contributed by atoms with Crippen molar-refractivity contribution >= 4 is 10.4 Å². The normalized spacial score (nSPS) is 48.7. The molecule has 2 aliphatic heterocycles. The highest BCUT2D eigenvalue weighted by Crippen LogP contribution is 2.68. The van der Waals surface area contributed by atoms with Crippen LogP contribution in [-0.4, -0.2) is 138 Å². The van der Waals surface area contributed by atoms with E-state index in [1.807, 2.05) is 6.92 Å². The van der Waals surface area contributed by atoms with Crippen molar-refractivity contribution in [1.29, 1.82) is 0 Å². The third-order valence-electron chi connectivity index (χ3n) is 15.1. The highest BCUT2D eigenvalue weighted by molar-refractivity contribution is 7.80. The summed E-state index contributed by atoms with van der Waals surface area (Å²) in [5.74, 6) is 1.33. The second kappa shape index (κ2) is 17.0. The molecular weight excluding hydrogens is 740 g/mol. The van der Waals surface area contributed by atoms with E-state index in [1.54, 1.807) is 0 Å². The van der Waals surface area contributed by atoms with Crippen molar-refractivity contribution < 1.29 is 71.5 Å². The third-order valence-corrected chi connectivity index (χ3v) is 15.6. The number of aliphatic hydroxyl groups excluding tert-OH is 6. The summed E-state index contributed by atoms with van der Waals surface area (Å²) in [5.41, 5.74) is 0.850. The van der Waals surface area contributed by atoms with Gasteiger partial charge in [-0.1, -0.05) is 39.8 Å². The van der Waals surface area contributed by atoms with Gasteiger partial charge in [-0.05, 0) is 104 Å². The predicted molar refractivity (Wildman–Crippen MR) is 196 cm³/mol. The van der Waals surface area contributed by atoms with Gasteiger partial charge in [-0.3, -0.25) is 4.55 Å². The van der Waals surface area contributed by atoms with Crippen LogP contribution in [-0.2, 0) is 38.3 Å². The first kappa shape index (κ1) is 43.7. The lowest BCUT2D eigenvalue weighted by atomic mass is 9.43. The lowest BCUT2D eigenvalue weighted by molar-refractivity contribution is -0.343. The molecule has 0 bridgehead atoms. The number of fused-ring (bicyclic) bond motifs is 5. The van der Waals surface area contributed by atoms with E-state index < -0.39 is 78.4 Å². The van der Waals surface area contributed by atoms with Gasteiger partial charge >= 0.3 is 10.4 Å². The molecule has 6 rings (SSSR count). The minimum absolute atomic E-state index is 0.0244. The molecule has 7 N–H and O–H groups in total. The summed E-state index contributed by atoms with van der Waals surface area (Å²) in [5, 5.41) is 64.6. The Morgan fingerprint density at radius 2 is 1.51 bits per heavy atom. The number of aliphatic hydroxyl groups is 6. The topological polar surface area (TPSA) is 231 Å². The number of rotatable bonds is 13. The Morgan fingerprint density at radius 1 is 0.836 bits per heavy atom. The second-order valence-electron chi connectivity index (χ2n) is 18.3. The summed E-state index contributed by atoms with van der Waals surface area (Å²) in [6.07, 6.45) is -4.98. The van der Waals surface area contributed by atoms with Gasteiger partial charge < -0.3 is 54.3 Å². The molecule has 2 heterocycles. The molecule has 0 spiro atoms. The van der Waals surface area contributed by atoms with Gasteiger partial charge in [0.25, 0.3) is 0 Å². The SMILES string of the molecule is C=C(CC[C@@H](C)[C@H]1C[C@@H](O)[C@H]2[C@@H]3C[C@H](O)[C@H]4C[C@@H](O)CC[C@]4(C)[C@H]3CC[C@@]21C)[C@@H](C)CO[C@@H]1OC[C@@H](O)[C@@H](OS(=O)(=O)O)[C@@H]1O[C@@H]1OC[C@@H](O)[C@H](O)[C@H]1OC. The minimum Gasteiger partial charge on any atom is -0.393 e. The fourth-order valence-electron chi connectivity index (χ4n) is 12.1. The van der Waals surface area contributed by atoms with Crippen LogP contribution in [0, 0.1) is 52.3 Å². The van der Waals surface area contributed by atoms with E-state index >= 15 is 0 Å². The van der Waals surface area contributed by atoms with Crippen LogP contribution >= 0.6 is 0 Å². The molecule has 16 heteroatoms. The Kier molecular flexibility index (Phi) is 13.5. The zero-order valence-corrected chi connectivity index (χ0v) is 33.7. The van der Waals surface area contributed by atoms with E-state index in [9.17, 15) is 43.6 Å². The molecule has 0 aromatic carbocycles. The maximum atomic E-state index is 11.8. The van der Waals surface area contributed by atoms with E-state index in [-0.39, 0.29) is 53.8 Å². The molecule has 318 valence electrons. The highest BCUT2D eigenvalue weighted by Gasteiger charge is 2.64. The molecule has 6 fully saturated rings. The van der Waals surface area contributed by atoms with Gasteiger partial charge in [-0.15, -0.1) is 0 Å². The molecule has 20 atom stereocenters. The van der Waals surface area contributed by atoms with Gasteiger partial charge in [0.2, 0.25) is 0 Å². The van der Waals surface area contributed by atoms with Gasteiger partial charge in [0, 0.05) is 13.0 Å². The van der Waals surface area contributed by atoms with Crippen LogP contribution in [0.25, 0.3) is 0 Å². The lowest BCUT2D eigenvalue weighted by Gasteiger charge is -2.62. The first-order valence-electron chi connectivity index (χ1n) is 20.2. The summed E-state index contributed by atoms with van der Waals surface area (Å²) >= 11 is 0. The van der Waals surface area contributed by atoms with Crippen molar-refractivity contribution in [3.05, 3.63) is 12.2 Å². The quantitative estimate of drug-likeness (QED) is 0.104. The van der Waals surface area contributed by atoms with E-state index in [0.717, 1.165) is 44.1 Å². The standard InChI is InChI=1S/C39H66O15S/c1-19(21(3)16-50-36-35(33(30(44)18-51-36)54-55(46,47)48)53-37-34(49-6)32(45)29(43)17-52-37)7-8-20(2)25-15-28(42)31-23-14-27(41)26-13-22(40)9-11-38(26,4)24(23)10-12-39(25,31)5/h20-37,40-45H,1,7-18H2,2-6H3,(H,46,47,48)/t20-,21+,22+,23-,24+,25-,26-,27+,28-,29-,30-,31-,32+,33-,34-,35+,36-,37+,38-,39-/m1/s1. The molecule has 6 aliphatic rings. The zero-order chi connectivity index (χ0) is 40.2.